The highest BCUT2D eigenvalue weighted by molar-refractivity contribution is 7.19. The van der Waals surface area contributed by atoms with Crippen molar-refractivity contribution in [1.29, 1.82) is 0 Å². The second-order valence-corrected chi connectivity index (χ2v) is 7.29. The van der Waals surface area contributed by atoms with Crippen molar-refractivity contribution in [2.75, 3.05) is 5.32 Å². The zero-order chi connectivity index (χ0) is 19.7. The van der Waals surface area contributed by atoms with Gasteiger partial charge in [0.2, 0.25) is 0 Å². The molecule has 0 radical (unpaired) electrons. The second-order valence-electron chi connectivity index (χ2n) is 6.29. The summed E-state index contributed by atoms with van der Waals surface area (Å²) < 4.78 is 7.11. The normalized spacial score (nSPS) is 11.0. The predicted octanol–water partition coefficient (Wildman–Crippen LogP) is 4.32. The molecule has 1 aromatic carbocycles. The third-order valence-electron chi connectivity index (χ3n) is 4.41. The van der Waals surface area contributed by atoms with Crippen LogP contribution in [0.1, 0.15) is 28.7 Å². The first kappa shape index (κ1) is 18.1. The first-order valence-electron chi connectivity index (χ1n) is 8.89. The largest absolute Gasteiger partial charge is 0.361 e. The number of rotatable bonds is 5. The molecule has 3 aromatic heterocycles. The molecular formula is C20H19N5O2S. The van der Waals surface area contributed by atoms with Crippen LogP contribution in [-0.2, 0) is 13.5 Å². The summed E-state index contributed by atoms with van der Waals surface area (Å²) in [6.45, 7) is 3.67. The van der Waals surface area contributed by atoms with Gasteiger partial charge in [-0.1, -0.05) is 53.7 Å². The van der Waals surface area contributed by atoms with E-state index < -0.39 is 0 Å². The van der Waals surface area contributed by atoms with Gasteiger partial charge in [-0.2, -0.15) is 0 Å². The SMILES string of the molecule is CCc1noc(C)c1C(=O)Nc1nc(-c2ccccc2)c(-c2nccn2C)s1. The summed E-state index contributed by atoms with van der Waals surface area (Å²) in [5.41, 5.74) is 2.86. The summed E-state index contributed by atoms with van der Waals surface area (Å²) >= 11 is 1.39. The Labute approximate surface area is 166 Å². The van der Waals surface area contributed by atoms with Crippen molar-refractivity contribution in [3.05, 3.63) is 59.7 Å². The number of hydrogen-bond acceptors (Lipinski definition) is 6. The number of nitrogens with zero attached hydrogens (tertiary/aromatic N) is 4. The minimum absolute atomic E-state index is 0.268. The highest BCUT2D eigenvalue weighted by atomic mass is 32.1. The van der Waals surface area contributed by atoms with Crippen LogP contribution in [0.15, 0.2) is 47.2 Å². The predicted molar refractivity (Wildman–Crippen MR) is 108 cm³/mol. The van der Waals surface area contributed by atoms with E-state index in [1.165, 1.54) is 11.3 Å². The minimum atomic E-state index is -0.268. The van der Waals surface area contributed by atoms with Crippen molar-refractivity contribution in [2.24, 2.45) is 7.05 Å². The maximum atomic E-state index is 12.8. The van der Waals surface area contributed by atoms with Crippen LogP contribution in [0.3, 0.4) is 0 Å². The fraction of sp³-hybridized carbons (Fsp3) is 0.200. The molecule has 8 heteroatoms. The van der Waals surface area contributed by atoms with Gasteiger partial charge in [0.25, 0.3) is 5.91 Å². The standard InChI is InChI=1S/C20H19N5O2S/c1-4-14-15(12(2)27-24-14)19(26)23-20-22-16(13-8-6-5-7-9-13)17(28-20)18-21-10-11-25(18)3/h5-11H,4H2,1-3H3,(H,22,23,26). The average molecular weight is 393 g/mol. The molecule has 1 amide bonds. The van der Waals surface area contributed by atoms with Crippen LogP contribution >= 0.6 is 11.3 Å². The van der Waals surface area contributed by atoms with Crippen LogP contribution < -0.4 is 5.32 Å². The molecule has 1 N–H and O–H groups in total. The van der Waals surface area contributed by atoms with Gasteiger partial charge in [-0.25, -0.2) is 9.97 Å². The molecule has 0 aliphatic heterocycles. The number of anilines is 1. The lowest BCUT2D eigenvalue weighted by atomic mass is 10.1. The van der Waals surface area contributed by atoms with Crippen molar-refractivity contribution in [3.63, 3.8) is 0 Å². The first-order chi connectivity index (χ1) is 13.6. The summed E-state index contributed by atoms with van der Waals surface area (Å²) in [5, 5.41) is 7.36. The van der Waals surface area contributed by atoms with Gasteiger partial charge in [0.05, 0.1) is 16.3 Å². The van der Waals surface area contributed by atoms with Crippen LogP contribution in [0.4, 0.5) is 5.13 Å². The summed E-state index contributed by atoms with van der Waals surface area (Å²) in [6, 6.07) is 9.87. The highest BCUT2D eigenvalue weighted by Gasteiger charge is 2.23. The third-order valence-corrected chi connectivity index (χ3v) is 5.38. The number of carbonyl (C=O) groups excluding carboxylic acids is 1. The molecule has 142 valence electrons. The quantitative estimate of drug-likeness (QED) is 0.546. The number of hydrogen-bond donors (Lipinski definition) is 1. The van der Waals surface area contributed by atoms with Crippen LogP contribution in [0.5, 0.6) is 0 Å². The number of nitrogens with one attached hydrogen (secondary N) is 1. The number of amides is 1. The number of imidazole rings is 1. The minimum Gasteiger partial charge on any atom is -0.361 e. The number of thiazole rings is 1. The molecule has 0 fully saturated rings. The molecule has 0 aliphatic rings. The molecule has 0 bridgehead atoms. The van der Waals surface area contributed by atoms with Gasteiger partial charge in [-0.05, 0) is 13.3 Å². The third kappa shape index (κ3) is 3.22. The Morgan fingerprint density at radius 2 is 2.07 bits per heavy atom. The summed E-state index contributed by atoms with van der Waals surface area (Å²) in [5.74, 6) is 1.03. The van der Waals surface area contributed by atoms with E-state index in [9.17, 15) is 4.79 Å². The van der Waals surface area contributed by atoms with Gasteiger partial charge >= 0.3 is 0 Å². The Balaban J connectivity index is 1.75. The number of benzene rings is 1. The topological polar surface area (TPSA) is 85.8 Å². The van der Waals surface area contributed by atoms with E-state index in [1.807, 2.05) is 55.1 Å². The lowest BCUT2D eigenvalue weighted by molar-refractivity contribution is 0.102. The van der Waals surface area contributed by atoms with Gasteiger partial charge in [-0.3, -0.25) is 10.1 Å². The average Bonchev–Trinajstić information content (AvgIpc) is 3.40. The van der Waals surface area contributed by atoms with E-state index in [-0.39, 0.29) is 5.91 Å². The Morgan fingerprint density at radius 1 is 1.29 bits per heavy atom. The van der Waals surface area contributed by atoms with E-state index in [2.05, 4.69) is 15.5 Å². The zero-order valence-corrected chi connectivity index (χ0v) is 16.6. The highest BCUT2D eigenvalue weighted by Crippen LogP contribution is 2.38. The lowest BCUT2D eigenvalue weighted by Gasteiger charge is -2.02. The molecule has 0 unspecified atom stereocenters. The van der Waals surface area contributed by atoms with E-state index in [1.54, 1.807) is 13.1 Å². The molecule has 28 heavy (non-hydrogen) atoms. The van der Waals surface area contributed by atoms with Crippen LogP contribution in [0.25, 0.3) is 22.0 Å². The van der Waals surface area contributed by atoms with Crippen LogP contribution in [-0.4, -0.2) is 25.6 Å². The van der Waals surface area contributed by atoms with Crippen molar-refractivity contribution in [2.45, 2.75) is 20.3 Å². The van der Waals surface area contributed by atoms with Gasteiger partial charge in [0.15, 0.2) is 11.0 Å². The molecule has 0 spiro atoms. The van der Waals surface area contributed by atoms with Crippen LogP contribution in [0, 0.1) is 6.92 Å². The van der Waals surface area contributed by atoms with Gasteiger partial charge in [0, 0.05) is 25.0 Å². The van der Waals surface area contributed by atoms with Crippen molar-refractivity contribution < 1.29 is 9.32 Å². The maximum absolute atomic E-state index is 12.8. The molecular weight excluding hydrogens is 374 g/mol. The Hall–Kier alpha value is -3.26. The monoisotopic (exact) mass is 393 g/mol. The van der Waals surface area contributed by atoms with Gasteiger partial charge in [0.1, 0.15) is 11.3 Å². The van der Waals surface area contributed by atoms with E-state index in [4.69, 9.17) is 9.51 Å². The Morgan fingerprint density at radius 3 is 2.75 bits per heavy atom. The van der Waals surface area contributed by atoms with E-state index in [0.717, 1.165) is 22.0 Å². The molecule has 0 saturated carbocycles. The maximum Gasteiger partial charge on any atom is 0.262 e. The molecule has 7 nitrogen and oxygen atoms in total. The molecule has 4 rings (SSSR count). The lowest BCUT2D eigenvalue weighted by Crippen LogP contribution is -2.14. The number of aryl methyl sites for hydroxylation is 3. The van der Waals surface area contributed by atoms with Gasteiger partial charge in [-0.15, -0.1) is 0 Å². The molecule has 4 aromatic rings. The van der Waals surface area contributed by atoms with Gasteiger partial charge < -0.3 is 9.09 Å². The van der Waals surface area contributed by atoms with Crippen molar-refractivity contribution in [3.8, 4) is 22.0 Å². The first-order valence-corrected chi connectivity index (χ1v) is 9.70. The summed E-state index contributed by atoms with van der Waals surface area (Å²) in [6.07, 6.45) is 4.25. The molecule has 0 aliphatic carbocycles. The summed E-state index contributed by atoms with van der Waals surface area (Å²) in [7, 11) is 1.93. The molecule has 0 atom stereocenters. The fourth-order valence-corrected chi connectivity index (χ4v) is 4.03. The Bertz CT molecular complexity index is 1130. The number of aromatic nitrogens is 4. The van der Waals surface area contributed by atoms with E-state index >= 15 is 0 Å². The van der Waals surface area contributed by atoms with E-state index in [0.29, 0.717) is 28.6 Å². The zero-order valence-electron chi connectivity index (χ0n) is 15.8. The molecule has 3 heterocycles. The summed E-state index contributed by atoms with van der Waals surface area (Å²) in [4.78, 5) is 22.9. The number of carbonyl (C=O) groups is 1. The van der Waals surface area contributed by atoms with Crippen molar-refractivity contribution >= 4 is 22.4 Å². The smallest absolute Gasteiger partial charge is 0.262 e. The Kier molecular flexibility index (Phi) is 4.79. The second kappa shape index (κ2) is 7.40. The fourth-order valence-electron chi connectivity index (χ4n) is 3.01. The van der Waals surface area contributed by atoms with Crippen LogP contribution in [0.2, 0.25) is 0 Å². The molecule has 0 saturated heterocycles. The van der Waals surface area contributed by atoms with Crippen molar-refractivity contribution in [1.82, 2.24) is 19.7 Å².